The molecule has 0 bridgehead atoms. The number of aryl methyl sites for hydroxylation is 2. The first kappa shape index (κ1) is 21.1. The monoisotopic (exact) mass is 454 g/mol. The second-order valence-electron chi connectivity index (χ2n) is 9.80. The Morgan fingerprint density at radius 1 is 1.06 bits per heavy atom. The van der Waals surface area contributed by atoms with E-state index in [1.54, 1.807) is 11.0 Å². The molecule has 174 valence electrons. The van der Waals surface area contributed by atoms with E-state index in [1.165, 1.54) is 19.4 Å². The minimum Gasteiger partial charge on any atom is -0.370 e. The van der Waals surface area contributed by atoms with Crippen LogP contribution in [0.4, 0.5) is 0 Å². The van der Waals surface area contributed by atoms with E-state index in [0.717, 1.165) is 52.7 Å². The van der Waals surface area contributed by atoms with E-state index in [4.69, 9.17) is 5.10 Å². The summed E-state index contributed by atoms with van der Waals surface area (Å²) in [4.78, 5) is 24.6. The Kier molecular flexibility index (Phi) is 5.03. The highest BCUT2D eigenvalue weighted by molar-refractivity contribution is 5.99. The fraction of sp³-hybridized carbons (Fsp3) is 0.370. The Morgan fingerprint density at radius 2 is 1.91 bits per heavy atom. The van der Waals surface area contributed by atoms with Gasteiger partial charge in [0.15, 0.2) is 0 Å². The molecule has 0 spiro atoms. The Hall–Kier alpha value is -3.45. The highest BCUT2D eigenvalue weighted by atomic mass is 16.2. The molecule has 0 saturated carbocycles. The molecule has 2 fully saturated rings. The number of carbonyl (C=O) groups is 1. The van der Waals surface area contributed by atoms with Gasteiger partial charge in [0, 0.05) is 42.7 Å². The van der Waals surface area contributed by atoms with Crippen LogP contribution in [0.3, 0.4) is 0 Å². The summed E-state index contributed by atoms with van der Waals surface area (Å²) in [6.07, 6.45) is 18.2. The molecule has 4 aliphatic rings. The Bertz CT molecular complexity index is 1330. The quantitative estimate of drug-likeness (QED) is 0.696. The standard InChI is InChI=1S/C27H30N6O/c1-18-15-33-26(19(2)28-18)14-24(29-33)20-5-4-6-22-7-8-23(17-32(22)27(34)13-20)31-12-10-25-21(16-31)9-11-30(25)3/h4-8,13-15,17,21,25H,9-12,16H2,1-3H3/b5-4?,20-13?,22-6+. The molecule has 0 aliphatic carbocycles. The highest BCUT2D eigenvalue weighted by Gasteiger charge is 2.37. The molecule has 2 unspecified atom stereocenters. The maximum atomic E-state index is 13.4. The molecule has 6 heterocycles. The first-order valence-corrected chi connectivity index (χ1v) is 12.1. The lowest BCUT2D eigenvalue weighted by molar-refractivity contribution is -0.122. The van der Waals surface area contributed by atoms with E-state index >= 15 is 0 Å². The Morgan fingerprint density at radius 3 is 2.79 bits per heavy atom. The molecule has 0 radical (unpaired) electrons. The van der Waals surface area contributed by atoms with Gasteiger partial charge in [0.2, 0.25) is 0 Å². The largest absolute Gasteiger partial charge is 0.370 e. The van der Waals surface area contributed by atoms with Crippen molar-refractivity contribution in [3.8, 4) is 0 Å². The first-order chi connectivity index (χ1) is 16.5. The fourth-order valence-corrected chi connectivity index (χ4v) is 5.76. The molecule has 2 aromatic rings. The lowest BCUT2D eigenvalue weighted by Gasteiger charge is -2.40. The summed E-state index contributed by atoms with van der Waals surface area (Å²) in [6.45, 7) is 7.21. The number of hydrogen-bond donors (Lipinski definition) is 0. The third-order valence-electron chi connectivity index (χ3n) is 7.56. The summed E-state index contributed by atoms with van der Waals surface area (Å²) in [6, 6.07) is 2.70. The number of fused-ring (bicyclic) bond motifs is 3. The van der Waals surface area contributed by atoms with Crippen LogP contribution in [0.25, 0.3) is 11.1 Å². The number of piperidine rings is 1. The van der Waals surface area contributed by atoms with Gasteiger partial charge < -0.3 is 9.80 Å². The van der Waals surface area contributed by atoms with E-state index in [-0.39, 0.29) is 5.91 Å². The van der Waals surface area contributed by atoms with Gasteiger partial charge in [-0.2, -0.15) is 5.10 Å². The summed E-state index contributed by atoms with van der Waals surface area (Å²) < 4.78 is 1.85. The third kappa shape index (κ3) is 3.60. The molecule has 2 aromatic heterocycles. The van der Waals surface area contributed by atoms with E-state index in [9.17, 15) is 4.79 Å². The molecule has 0 N–H and O–H groups in total. The van der Waals surface area contributed by atoms with Crippen LogP contribution in [-0.2, 0) is 4.79 Å². The van der Waals surface area contributed by atoms with Crippen LogP contribution < -0.4 is 0 Å². The predicted molar refractivity (Wildman–Crippen MR) is 132 cm³/mol. The number of amides is 1. The Balaban J connectivity index is 1.29. The van der Waals surface area contributed by atoms with E-state index < -0.39 is 0 Å². The van der Waals surface area contributed by atoms with Crippen LogP contribution in [0.2, 0.25) is 0 Å². The third-order valence-corrected chi connectivity index (χ3v) is 7.56. The Labute approximate surface area is 200 Å². The SMILES string of the molecule is Cc1cn2nc(C3=CC(=O)N4C=C(N5CCC6C(CCN6C)C5)C=C/C4=C\C=C3)cc2c(C)n1. The van der Waals surface area contributed by atoms with Gasteiger partial charge >= 0.3 is 0 Å². The van der Waals surface area contributed by atoms with Crippen molar-refractivity contribution in [2.45, 2.75) is 32.7 Å². The van der Waals surface area contributed by atoms with Gasteiger partial charge in [0.1, 0.15) is 0 Å². The number of carbonyl (C=O) groups excluding carboxylic acids is 1. The molecule has 2 saturated heterocycles. The van der Waals surface area contributed by atoms with Crippen molar-refractivity contribution < 1.29 is 4.79 Å². The molecular weight excluding hydrogens is 424 g/mol. The van der Waals surface area contributed by atoms with Crippen molar-refractivity contribution in [3.63, 3.8) is 0 Å². The van der Waals surface area contributed by atoms with Gasteiger partial charge in [-0.05, 0) is 70.5 Å². The van der Waals surface area contributed by atoms with Crippen LogP contribution in [0, 0.1) is 19.8 Å². The second-order valence-corrected chi connectivity index (χ2v) is 9.80. The fourth-order valence-electron chi connectivity index (χ4n) is 5.76. The van der Waals surface area contributed by atoms with Crippen molar-refractivity contribution in [2.75, 3.05) is 26.7 Å². The summed E-state index contributed by atoms with van der Waals surface area (Å²) in [7, 11) is 2.25. The molecule has 0 aromatic carbocycles. The summed E-state index contributed by atoms with van der Waals surface area (Å²) >= 11 is 0. The maximum Gasteiger partial charge on any atom is 0.255 e. The zero-order valence-corrected chi connectivity index (χ0v) is 20.0. The lowest BCUT2D eigenvalue weighted by atomic mass is 9.92. The zero-order valence-electron chi connectivity index (χ0n) is 20.0. The summed E-state index contributed by atoms with van der Waals surface area (Å²) in [5, 5.41) is 4.72. The van der Waals surface area contributed by atoms with Crippen LogP contribution in [0.1, 0.15) is 29.9 Å². The number of rotatable bonds is 2. The van der Waals surface area contributed by atoms with Crippen molar-refractivity contribution in [3.05, 3.63) is 83.4 Å². The molecule has 7 nitrogen and oxygen atoms in total. The highest BCUT2D eigenvalue weighted by Crippen LogP contribution is 2.33. The zero-order chi connectivity index (χ0) is 23.4. The van der Waals surface area contributed by atoms with E-state index in [1.807, 2.05) is 61.1 Å². The number of aromatic nitrogens is 3. The van der Waals surface area contributed by atoms with Crippen molar-refractivity contribution >= 4 is 17.0 Å². The van der Waals surface area contributed by atoms with Gasteiger partial charge in [-0.25, -0.2) is 4.52 Å². The topological polar surface area (TPSA) is 57.0 Å². The molecule has 2 atom stereocenters. The van der Waals surface area contributed by atoms with Crippen LogP contribution in [-0.4, -0.2) is 67.9 Å². The molecule has 34 heavy (non-hydrogen) atoms. The van der Waals surface area contributed by atoms with Crippen LogP contribution in [0.15, 0.2) is 66.3 Å². The summed E-state index contributed by atoms with van der Waals surface area (Å²) in [5.41, 5.74) is 6.33. The summed E-state index contributed by atoms with van der Waals surface area (Å²) in [5.74, 6) is 0.644. The van der Waals surface area contributed by atoms with Crippen molar-refractivity contribution in [1.29, 1.82) is 0 Å². The van der Waals surface area contributed by atoms with E-state index in [2.05, 4.69) is 27.9 Å². The van der Waals surface area contributed by atoms with Gasteiger partial charge in [-0.15, -0.1) is 0 Å². The number of nitrogens with zero attached hydrogens (tertiary/aromatic N) is 6. The smallest absolute Gasteiger partial charge is 0.255 e. The second kappa shape index (κ2) is 8.09. The van der Waals surface area contributed by atoms with Gasteiger partial charge in [-0.1, -0.05) is 12.2 Å². The lowest BCUT2D eigenvalue weighted by Crippen LogP contribution is -2.44. The van der Waals surface area contributed by atoms with Crippen LogP contribution >= 0.6 is 0 Å². The average molecular weight is 455 g/mol. The van der Waals surface area contributed by atoms with Gasteiger partial charge in [-0.3, -0.25) is 14.7 Å². The molecular formula is C27H30N6O. The number of hydrogen-bond acceptors (Lipinski definition) is 5. The minimum atomic E-state index is -0.0639. The van der Waals surface area contributed by atoms with E-state index in [0.29, 0.717) is 12.0 Å². The predicted octanol–water partition coefficient (Wildman–Crippen LogP) is 3.45. The average Bonchev–Trinajstić information content (AvgIpc) is 3.40. The maximum absolute atomic E-state index is 13.4. The minimum absolute atomic E-state index is 0.0639. The van der Waals surface area contributed by atoms with Crippen molar-refractivity contribution in [2.24, 2.45) is 5.92 Å². The van der Waals surface area contributed by atoms with Gasteiger partial charge in [0.25, 0.3) is 5.91 Å². The number of likely N-dealkylation sites (tertiary alicyclic amines) is 2. The molecule has 4 aliphatic heterocycles. The number of allylic oxidation sites excluding steroid dienone is 6. The van der Waals surface area contributed by atoms with Crippen molar-refractivity contribution in [1.82, 2.24) is 29.3 Å². The first-order valence-electron chi connectivity index (χ1n) is 12.1. The van der Waals surface area contributed by atoms with Gasteiger partial charge in [0.05, 0.1) is 34.5 Å². The normalized spacial score (nSPS) is 26.6. The molecule has 6 rings (SSSR count). The van der Waals surface area contributed by atoms with Crippen LogP contribution in [0.5, 0.6) is 0 Å². The molecule has 7 heteroatoms. The molecule has 1 amide bonds.